The number of fused-ring (bicyclic) bond motifs is 2. The highest BCUT2D eigenvalue weighted by Gasteiger charge is 2.36. The van der Waals surface area contributed by atoms with Gasteiger partial charge in [0.15, 0.2) is 6.10 Å². The van der Waals surface area contributed by atoms with Crippen LogP contribution in [-0.2, 0) is 9.59 Å². The minimum absolute atomic E-state index is 0.192. The molecule has 1 atom stereocenters. The summed E-state index contributed by atoms with van der Waals surface area (Å²) in [5.41, 5.74) is 2.63. The molecule has 2 aliphatic rings. The Morgan fingerprint density at radius 3 is 2.38 bits per heavy atom. The molecule has 0 saturated carbocycles. The Bertz CT molecular complexity index is 1380. The van der Waals surface area contributed by atoms with Crippen LogP contribution in [0.1, 0.15) is 33.2 Å². The van der Waals surface area contributed by atoms with Crippen molar-refractivity contribution in [2.45, 2.75) is 20.0 Å². The molecule has 0 fully saturated rings. The van der Waals surface area contributed by atoms with Gasteiger partial charge in [-0.15, -0.1) is 0 Å². The number of nitrogens with one attached hydrogen (secondary N) is 1. The molecule has 2 aliphatic heterocycles. The van der Waals surface area contributed by atoms with Crippen molar-refractivity contribution in [1.82, 2.24) is 4.90 Å². The average Bonchev–Trinajstić information content (AvgIpc) is 3.11. The van der Waals surface area contributed by atoms with Crippen LogP contribution in [0.15, 0.2) is 66.7 Å². The number of nitrogens with zero attached hydrogens (tertiary/aromatic N) is 2. The highest BCUT2D eigenvalue weighted by molar-refractivity contribution is 6.22. The van der Waals surface area contributed by atoms with E-state index in [2.05, 4.69) is 5.32 Å². The van der Waals surface area contributed by atoms with Gasteiger partial charge < -0.3 is 19.7 Å². The van der Waals surface area contributed by atoms with E-state index in [1.807, 2.05) is 31.2 Å². The molecule has 0 saturated heterocycles. The first kappa shape index (κ1) is 24.1. The number of anilines is 2. The van der Waals surface area contributed by atoms with Crippen LogP contribution in [0.2, 0.25) is 0 Å². The fourth-order valence-electron chi connectivity index (χ4n) is 4.41. The number of benzene rings is 3. The van der Waals surface area contributed by atoms with Crippen LogP contribution in [0.25, 0.3) is 0 Å². The van der Waals surface area contributed by atoms with Gasteiger partial charge >= 0.3 is 0 Å². The molecule has 5 rings (SSSR count). The van der Waals surface area contributed by atoms with Crippen molar-refractivity contribution >= 4 is 35.0 Å². The van der Waals surface area contributed by atoms with E-state index in [1.165, 1.54) is 0 Å². The van der Waals surface area contributed by atoms with Crippen molar-refractivity contribution in [3.05, 3.63) is 83.4 Å². The number of hydrogen-bond donors (Lipinski definition) is 1. The van der Waals surface area contributed by atoms with Gasteiger partial charge in [-0.2, -0.15) is 0 Å². The molecule has 3 aromatic rings. The van der Waals surface area contributed by atoms with Crippen LogP contribution in [0.4, 0.5) is 11.4 Å². The third-order valence-electron chi connectivity index (χ3n) is 6.20. The smallest absolute Gasteiger partial charge is 0.267 e. The molecule has 4 amide bonds. The monoisotopic (exact) mass is 499 g/mol. The van der Waals surface area contributed by atoms with Gasteiger partial charge in [0.25, 0.3) is 17.7 Å². The molecule has 0 spiro atoms. The highest BCUT2D eigenvalue weighted by Crippen LogP contribution is 2.36. The van der Waals surface area contributed by atoms with Crippen molar-refractivity contribution in [2.24, 2.45) is 0 Å². The van der Waals surface area contributed by atoms with Crippen LogP contribution in [0.3, 0.4) is 0 Å². The quantitative estimate of drug-likeness (QED) is 0.500. The van der Waals surface area contributed by atoms with Crippen LogP contribution in [0, 0.1) is 6.92 Å². The standard InChI is InChI=1S/C28H25N3O6/c1-17-6-5-7-20(14-17)36-13-12-30-23-11-10-19(15-24(23)37-18(2)26(30)33)29-25(32)16-31-27(34)21-8-3-4-9-22(21)28(31)35/h3-11,14-15,18H,12-13,16H2,1-2H3,(H,29,32). The van der Waals surface area contributed by atoms with Gasteiger partial charge in [0.05, 0.1) is 23.4 Å². The van der Waals surface area contributed by atoms with E-state index >= 15 is 0 Å². The van der Waals surface area contributed by atoms with Gasteiger partial charge in [-0.1, -0.05) is 24.3 Å². The van der Waals surface area contributed by atoms with Crippen LogP contribution >= 0.6 is 0 Å². The minimum atomic E-state index is -0.712. The molecular formula is C28H25N3O6. The first-order valence-corrected chi connectivity index (χ1v) is 11.9. The second-order valence-electron chi connectivity index (χ2n) is 8.89. The molecule has 9 heteroatoms. The second-order valence-corrected chi connectivity index (χ2v) is 8.89. The predicted molar refractivity (Wildman–Crippen MR) is 136 cm³/mol. The molecule has 0 bridgehead atoms. The molecule has 3 aromatic carbocycles. The summed E-state index contributed by atoms with van der Waals surface area (Å²) in [5, 5.41) is 2.70. The summed E-state index contributed by atoms with van der Waals surface area (Å²) in [4.78, 5) is 53.1. The Hall–Kier alpha value is -4.66. The lowest BCUT2D eigenvalue weighted by molar-refractivity contribution is -0.125. The van der Waals surface area contributed by atoms with Gasteiger partial charge in [-0.05, 0) is 55.8 Å². The number of carbonyl (C=O) groups excluding carboxylic acids is 4. The van der Waals surface area contributed by atoms with Crippen molar-refractivity contribution in [1.29, 1.82) is 0 Å². The maximum absolute atomic E-state index is 12.8. The third-order valence-corrected chi connectivity index (χ3v) is 6.20. The van der Waals surface area contributed by atoms with E-state index in [0.717, 1.165) is 16.2 Å². The van der Waals surface area contributed by atoms with E-state index in [-0.39, 0.29) is 17.0 Å². The summed E-state index contributed by atoms with van der Waals surface area (Å²) in [6.07, 6.45) is -0.712. The SMILES string of the molecule is Cc1cccc(OCCN2C(=O)C(C)Oc3cc(NC(=O)CN4C(=O)c5ccccc5C4=O)ccc32)c1. The zero-order valence-corrected chi connectivity index (χ0v) is 20.4. The maximum Gasteiger partial charge on any atom is 0.267 e. The van der Waals surface area contributed by atoms with Gasteiger partial charge in [0.2, 0.25) is 5.91 Å². The summed E-state index contributed by atoms with van der Waals surface area (Å²) in [7, 11) is 0. The normalized spacial score (nSPS) is 16.3. The summed E-state index contributed by atoms with van der Waals surface area (Å²) >= 11 is 0. The first-order valence-electron chi connectivity index (χ1n) is 11.9. The molecule has 188 valence electrons. The Morgan fingerprint density at radius 1 is 0.946 bits per heavy atom. The predicted octanol–water partition coefficient (Wildman–Crippen LogP) is 3.42. The summed E-state index contributed by atoms with van der Waals surface area (Å²) in [6.45, 7) is 3.83. The fraction of sp³-hybridized carbons (Fsp3) is 0.214. The Balaban J connectivity index is 1.25. The van der Waals surface area contributed by atoms with E-state index in [1.54, 1.807) is 54.3 Å². The zero-order valence-electron chi connectivity index (χ0n) is 20.4. The molecular weight excluding hydrogens is 474 g/mol. The first-order chi connectivity index (χ1) is 17.8. The van der Waals surface area contributed by atoms with Crippen molar-refractivity contribution < 1.29 is 28.7 Å². The summed E-state index contributed by atoms with van der Waals surface area (Å²) < 4.78 is 11.6. The molecule has 0 aliphatic carbocycles. The molecule has 0 radical (unpaired) electrons. The van der Waals surface area contributed by atoms with Crippen molar-refractivity contribution in [3.63, 3.8) is 0 Å². The number of hydrogen-bond acceptors (Lipinski definition) is 6. The van der Waals surface area contributed by atoms with Crippen LogP contribution in [-0.4, -0.2) is 54.3 Å². The minimum Gasteiger partial charge on any atom is -0.492 e. The van der Waals surface area contributed by atoms with E-state index in [4.69, 9.17) is 9.47 Å². The summed E-state index contributed by atoms with van der Waals surface area (Å²) in [5.74, 6) is -0.562. The average molecular weight is 500 g/mol. The Labute approximate surface area is 213 Å². The lowest BCUT2D eigenvalue weighted by Crippen LogP contribution is -2.46. The Kier molecular flexibility index (Phi) is 6.35. The van der Waals surface area contributed by atoms with Crippen molar-refractivity contribution in [3.8, 4) is 11.5 Å². The van der Waals surface area contributed by atoms with Gasteiger partial charge in [0.1, 0.15) is 24.7 Å². The largest absolute Gasteiger partial charge is 0.492 e. The molecule has 37 heavy (non-hydrogen) atoms. The van der Waals surface area contributed by atoms with Gasteiger partial charge in [-0.3, -0.25) is 24.1 Å². The van der Waals surface area contributed by atoms with Crippen molar-refractivity contribution in [2.75, 3.05) is 29.9 Å². The number of carbonyl (C=O) groups is 4. The van der Waals surface area contributed by atoms with Gasteiger partial charge in [-0.25, -0.2) is 0 Å². The van der Waals surface area contributed by atoms with E-state index < -0.39 is 30.4 Å². The third kappa shape index (κ3) is 4.75. The number of aryl methyl sites for hydroxylation is 1. The highest BCUT2D eigenvalue weighted by atomic mass is 16.5. The topological polar surface area (TPSA) is 105 Å². The molecule has 0 aromatic heterocycles. The molecule has 1 unspecified atom stereocenters. The summed E-state index contributed by atoms with van der Waals surface area (Å²) in [6, 6.07) is 19.1. The molecule has 2 heterocycles. The molecule has 1 N–H and O–H groups in total. The maximum atomic E-state index is 12.8. The number of rotatable bonds is 7. The second kappa shape index (κ2) is 9.77. The van der Waals surface area contributed by atoms with E-state index in [0.29, 0.717) is 30.3 Å². The van der Waals surface area contributed by atoms with Crippen LogP contribution < -0.4 is 19.7 Å². The lowest BCUT2D eigenvalue weighted by atomic mass is 10.1. The number of amides is 4. The lowest BCUT2D eigenvalue weighted by Gasteiger charge is -2.33. The van der Waals surface area contributed by atoms with Gasteiger partial charge in [0, 0.05) is 11.8 Å². The van der Waals surface area contributed by atoms with Crippen LogP contribution in [0.5, 0.6) is 11.5 Å². The Morgan fingerprint density at radius 2 is 1.68 bits per heavy atom. The number of ether oxygens (including phenoxy) is 2. The number of imide groups is 1. The van der Waals surface area contributed by atoms with E-state index in [9.17, 15) is 19.2 Å². The zero-order chi connectivity index (χ0) is 26.1. The molecule has 9 nitrogen and oxygen atoms in total. The fourth-order valence-corrected chi connectivity index (χ4v) is 4.41.